The number of imidazole rings is 1. The quantitative estimate of drug-likeness (QED) is 0.674. The molecule has 2 aromatic rings. The summed E-state index contributed by atoms with van der Waals surface area (Å²) in [5.41, 5.74) is 2.81. The van der Waals surface area contributed by atoms with E-state index < -0.39 is 12.1 Å². The lowest BCUT2D eigenvalue weighted by Crippen LogP contribution is -2.56. The number of rotatable bonds is 5. The minimum atomic E-state index is -0.958. The highest BCUT2D eigenvalue weighted by Gasteiger charge is 2.51. The smallest absolute Gasteiger partial charge is 0.229 e. The summed E-state index contributed by atoms with van der Waals surface area (Å²) >= 11 is 0. The molecule has 4 heterocycles. The van der Waals surface area contributed by atoms with Gasteiger partial charge in [0.1, 0.15) is 17.5 Å². The van der Waals surface area contributed by atoms with Crippen molar-refractivity contribution in [3.05, 3.63) is 24.2 Å². The van der Waals surface area contributed by atoms with E-state index in [1.54, 1.807) is 6.20 Å². The largest absolute Gasteiger partial charge is 0.366 e. The van der Waals surface area contributed by atoms with Gasteiger partial charge in [-0.05, 0) is 31.4 Å². The summed E-state index contributed by atoms with van der Waals surface area (Å²) in [6, 6.07) is 2.15. The number of anilines is 1. The molecule has 2 saturated heterocycles. The Balaban J connectivity index is 1.44. The number of halogens is 1. The number of nitrogens with one attached hydrogen (secondary N) is 3. The molecule has 2 aliphatic heterocycles. The first kappa shape index (κ1) is 18.0. The van der Waals surface area contributed by atoms with Crippen LogP contribution < -0.4 is 4.90 Å². The van der Waals surface area contributed by atoms with E-state index in [1.165, 1.54) is 6.08 Å². The number of alkyl halides is 1. The molecule has 3 fully saturated rings. The van der Waals surface area contributed by atoms with Gasteiger partial charge in [-0.25, -0.2) is 14.4 Å². The molecule has 8 nitrogen and oxygen atoms in total. The van der Waals surface area contributed by atoms with Crippen molar-refractivity contribution < 1.29 is 9.18 Å². The van der Waals surface area contributed by atoms with Gasteiger partial charge < -0.3 is 25.6 Å². The predicted octanol–water partition coefficient (Wildman–Crippen LogP) is 2.18. The Kier molecular flexibility index (Phi) is 4.18. The number of fused-ring (bicyclic) bond motifs is 3. The summed E-state index contributed by atoms with van der Waals surface area (Å²) in [7, 11) is 0. The van der Waals surface area contributed by atoms with Crippen LogP contribution in [0.25, 0.3) is 16.7 Å². The second-order valence-electron chi connectivity index (χ2n) is 7.94. The fourth-order valence-electron chi connectivity index (χ4n) is 4.65. The molecule has 0 aromatic carbocycles. The Hall–Kier alpha value is -3.10. The lowest BCUT2D eigenvalue weighted by Gasteiger charge is -2.42. The summed E-state index contributed by atoms with van der Waals surface area (Å²) in [5, 5.41) is 14.8. The summed E-state index contributed by atoms with van der Waals surface area (Å²) in [6.07, 6.45) is 6.80. The van der Waals surface area contributed by atoms with Crippen molar-refractivity contribution >= 4 is 40.8 Å². The van der Waals surface area contributed by atoms with E-state index in [-0.39, 0.29) is 18.0 Å². The number of aromatic amines is 1. The first-order valence-corrected chi connectivity index (χ1v) is 9.88. The minimum absolute atomic E-state index is 0.0132. The number of hydrogen-bond donors (Lipinski definition) is 3. The van der Waals surface area contributed by atoms with Crippen molar-refractivity contribution in [2.45, 2.75) is 37.5 Å². The van der Waals surface area contributed by atoms with Crippen LogP contribution in [0.2, 0.25) is 0 Å². The van der Waals surface area contributed by atoms with Crippen molar-refractivity contribution in [2.24, 2.45) is 5.92 Å². The maximum atomic E-state index is 13.4. The second kappa shape index (κ2) is 6.75. The number of piperazine rings is 1. The molecule has 4 atom stereocenters. The van der Waals surface area contributed by atoms with Gasteiger partial charge in [0.25, 0.3) is 0 Å². The fourth-order valence-corrected chi connectivity index (χ4v) is 4.65. The first-order chi connectivity index (χ1) is 14.1. The molecular formula is C20H22FN7O. The van der Waals surface area contributed by atoms with Crippen LogP contribution in [-0.4, -0.2) is 69.5 Å². The van der Waals surface area contributed by atoms with Crippen LogP contribution in [-0.2, 0) is 4.79 Å². The van der Waals surface area contributed by atoms with E-state index >= 15 is 0 Å². The van der Waals surface area contributed by atoms with Crippen molar-refractivity contribution in [1.82, 2.24) is 19.9 Å². The molecular weight excluding hydrogens is 373 g/mol. The number of aromatic nitrogens is 3. The van der Waals surface area contributed by atoms with Crippen LogP contribution in [0.5, 0.6) is 0 Å². The lowest BCUT2D eigenvalue weighted by atomic mass is 10.1. The van der Waals surface area contributed by atoms with E-state index in [0.29, 0.717) is 36.6 Å². The number of amides is 1. The van der Waals surface area contributed by atoms with Crippen LogP contribution >= 0.6 is 0 Å². The molecule has 1 aliphatic carbocycles. The number of nitrogens with zero attached hydrogens (tertiary/aromatic N) is 4. The van der Waals surface area contributed by atoms with Crippen molar-refractivity contribution in [3.63, 3.8) is 0 Å². The third-order valence-electron chi connectivity index (χ3n) is 6.17. The van der Waals surface area contributed by atoms with Crippen LogP contribution in [0.4, 0.5) is 10.1 Å². The van der Waals surface area contributed by atoms with Gasteiger partial charge in [0, 0.05) is 49.4 Å². The maximum absolute atomic E-state index is 13.4. The SMILES string of the molecule is N=C/C=C(\C=N)c1nc2nccc(N3CC4CCC(C3)N4C(=O)[C@@H]3C[C@H]3F)c2[nH]1. The van der Waals surface area contributed by atoms with Crippen LogP contribution in [0.15, 0.2) is 18.3 Å². The zero-order valence-electron chi connectivity index (χ0n) is 15.8. The topological polar surface area (TPSA) is 113 Å². The van der Waals surface area contributed by atoms with Gasteiger partial charge in [0.2, 0.25) is 5.91 Å². The standard InChI is InChI=1S/C20H22FN7O/c21-15-7-14(15)20(29)28-12-1-2-13(28)10-27(9-12)16-4-6-24-19-17(16)25-18(26-19)11(8-23)3-5-22/h3-6,8,12-15,22-23H,1-2,7,9-10H2,(H,24,25,26)/b11-3+,22-5?,23-8?/t12?,13?,14-,15-/m1/s1. The summed E-state index contributed by atoms with van der Waals surface area (Å²) in [6.45, 7) is 1.40. The molecule has 2 aromatic heterocycles. The lowest BCUT2D eigenvalue weighted by molar-refractivity contribution is -0.136. The average Bonchev–Trinajstić information content (AvgIpc) is 3.19. The highest BCUT2D eigenvalue weighted by molar-refractivity contribution is 6.11. The van der Waals surface area contributed by atoms with E-state index in [0.717, 1.165) is 36.5 Å². The summed E-state index contributed by atoms with van der Waals surface area (Å²) in [4.78, 5) is 28.9. The molecule has 1 amide bonds. The summed E-state index contributed by atoms with van der Waals surface area (Å²) in [5.74, 6) is 0.0614. The highest BCUT2D eigenvalue weighted by atomic mass is 19.1. The molecule has 29 heavy (non-hydrogen) atoms. The summed E-state index contributed by atoms with van der Waals surface area (Å²) < 4.78 is 13.4. The fraction of sp³-hybridized carbons (Fsp3) is 0.450. The zero-order valence-corrected chi connectivity index (χ0v) is 15.8. The molecule has 1 saturated carbocycles. The van der Waals surface area contributed by atoms with Gasteiger partial charge in [-0.3, -0.25) is 4.79 Å². The Labute approximate surface area is 166 Å². The zero-order chi connectivity index (χ0) is 20.1. The minimum Gasteiger partial charge on any atom is -0.366 e. The predicted molar refractivity (Wildman–Crippen MR) is 108 cm³/mol. The third-order valence-corrected chi connectivity index (χ3v) is 6.17. The highest BCUT2D eigenvalue weighted by Crippen LogP contribution is 2.41. The molecule has 2 bridgehead atoms. The number of H-pyrrole nitrogens is 1. The Morgan fingerprint density at radius 1 is 1.28 bits per heavy atom. The number of carbonyl (C=O) groups excluding carboxylic acids is 1. The van der Waals surface area contributed by atoms with E-state index in [2.05, 4.69) is 19.9 Å². The Morgan fingerprint density at radius 3 is 2.62 bits per heavy atom. The molecule has 0 spiro atoms. The van der Waals surface area contributed by atoms with Gasteiger partial charge in [-0.1, -0.05) is 0 Å². The monoisotopic (exact) mass is 395 g/mol. The van der Waals surface area contributed by atoms with Crippen molar-refractivity contribution in [1.29, 1.82) is 10.8 Å². The molecule has 5 rings (SSSR count). The van der Waals surface area contributed by atoms with Gasteiger partial charge in [0.05, 0.1) is 11.6 Å². The van der Waals surface area contributed by atoms with Gasteiger partial charge in [-0.15, -0.1) is 0 Å². The molecule has 9 heteroatoms. The van der Waals surface area contributed by atoms with Crippen molar-refractivity contribution in [2.75, 3.05) is 18.0 Å². The van der Waals surface area contributed by atoms with E-state index in [4.69, 9.17) is 10.8 Å². The van der Waals surface area contributed by atoms with Gasteiger partial charge >= 0.3 is 0 Å². The van der Waals surface area contributed by atoms with E-state index in [1.807, 2.05) is 11.0 Å². The molecule has 3 aliphatic rings. The van der Waals surface area contributed by atoms with Crippen LogP contribution in [0, 0.1) is 16.7 Å². The number of pyridine rings is 1. The molecule has 2 unspecified atom stereocenters. The second-order valence-corrected chi connectivity index (χ2v) is 7.94. The molecule has 150 valence electrons. The van der Waals surface area contributed by atoms with Gasteiger partial charge in [0.15, 0.2) is 5.65 Å². The third kappa shape index (κ3) is 2.92. The van der Waals surface area contributed by atoms with Crippen LogP contribution in [0.3, 0.4) is 0 Å². The first-order valence-electron chi connectivity index (χ1n) is 9.88. The van der Waals surface area contributed by atoms with Gasteiger partial charge in [-0.2, -0.15) is 0 Å². The van der Waals surface area contributed by atoms with E-state index in [9.17, 15) is 9.18 Å². The molecule has 3 N–H and O–H groups in total. The normalized spacial score (nSPS) is 28.7. The maximum Gasteiger partial charge on any atom is 0.229 e. The molecule has 0 radical (unpaired) electrons. The Morgan fingerprint density at radius 2 is 2.00 bits per heavy atom. The number of allylic oxidation sites excluding steroid dienone is 2. The average molecular weight is 395 g/mol. The van der Waals surface area contributed by atoms with Crippen LogP contribution in [0.1, 0.15) is 25.1 Å². The Bertz CT molecular complexity index is 1020. The number of carbonyl (C=O) groups is 1. The van der Waals surface area contributed by atoms with Crippen molar-refractivity contribution in [3.8, 4) is 0 Å². The number of hydrogen-bond acceptors (Lipinski definition) is 6.